The average Bonchev–Trinajstić information content (AvgIpc) is 2.71. The second-order valence-electron chi connectivity index (χ2n) is 8.43. The molecule has 0 spiro atoms. The van der Waals surface area contributed by atoms with E-state index in [1.807, 2.05) is 20.8 Å². The molecule has 0 amide bonds. The van der Waals surface area contributed by atoms with Crippen molar-refractivity contribution in [2.24, 2.45) is 0 Å². The molecule has 0 radical (unpaired) electrons. The number of hydrogen-bond acceptors (Lipinski definition) is 8. The SMILES string of the molecule is CC(=O)OC(C)CN1CCN2CCN(CC1)CCN(C(C)(C)OC(C)=O)CC2. The van der Waals surface area contributed by atoms with Gasteiger partial charge in [0.2, 0.25) is 0 Å². The van der Waals surface area contributed by atoms with Gasteiger partial charge in [-0.2, -0.15) is 0 Å². The van der Waals surface area contributed by atoms with Gasteiger partial charge in [-0.3, -0.25) is 29.2 Å². The Kier molecular flexibility index (Phi) is 8.67. The highest BCUT2D eigenvalue weighted by Crippen LogP contribution is 2.18. The van der Waals surface area contributed by atoms with E-state index in [9.17, 15) is 9.59 Å². The molecule has 162 valence electrons. The molecule has 2 aliphatic rings. The molecular formula is C20H38N4O4. The summed E-state index contributed by atoms with van der Waals surface area (Å²) >= 11 is 0. The van der Waals surface area contributed by atoms with E-state index in [0.717, 1.165) is 72.0 Å². The van der Waals surface area contributed by atoms with E-state index >= 15 is 0 Å². The summed E-state index contributed by atoms with van der Waals surface area (Å²) < 4.78 is 10.9. The van der Waals surface area contributed by atoms with Crippen LogP contribution in [0.15, 0.2) is 0 Å². The van der Waals surface area contributed by atoms with E-state index in [2.05, 4.69) is 19.6 Å². The van der Waals surface area contributed by atoms with Crippen molar-refractivity contribution in [3.63, 3.8) is 0 Å². The van der Waals surface area contributed by atoms with Gasteiger partial charge in [-0.05, 0) is 20.8 Å². The number of ether oxygens (including phenoxy) is 2. The highest BCUT2D eigenvalue weighted by atomic mass is 16.6. The van der Waals surface area contributed by atoms with E-state index in [-0.39, 0.29) is 18.0 Å². The van der Waals surface area contributed by atoms with E-state index in [1.165, 1.54) is 13.8 Å². The van der Waals surface area contributed by atoms with Crippen molar-refractivity contribution in [3.05, 3.63) is 0 Å². The molecule has 2 heterocycles. The molecule has 8 heteroatoms. The Morgan fingerprint density at radius 2 is 1.29 bits per heavy atom. The Morgan fingerprint density at radius 1 is 0.821 bits per heavy atom. The zero-order valence-electron chi connectivity index (χ0n) is 18.3. The van der Waals surface area contributed by atoms with Crippen LogP contribution < -0.4 is 0 Å². The van der Waals surface area contributed by atoms with E-state index in [4.69, 9.17) is 9.47 Å². The maximum Gasteiger partial charge on any atom is 0.304 e. The van der Waals surface area contributed by atoms with Gasteiger partial charge in [0, 0.05) is 85.8 Å². The van der Waals surface area contributed by atoms with Gasteiger partial charge in [0.1, 0.15) is 6.10 Å². The fourth-order valence-electron chi connectivity index (χ4n) is 4.09. The lowest BCUT2D eigenvalue weighted by Crippen LogP contribution is -2.52. The summed E-state index contributed by atoms with van der Waals surface area (Å²) in [6.45, 7) is 19.3. The molecule has 2 aliphatic heterocycles. The zero-order valence-corrected chi connectivity index (χ0v) is 18.3. The summed E-state index contributed by atoms with van der Waals surface area (Å²) in [5.41, 5.74) is -0.594. The maximum atomic E-state index is 11.5. The van der Waals surface area contributed by atoms with Crippen molar-refractivity contribution in [2.75, 3.05) is 72.0 Å². The molecule has 8 nitrogen and oxygen atoms in total. The van der Waals surface area contributed by atoms with Gasteiger partial charge in [-0.25, -0.2) is 0 Å². The predicted molar refractivity (Wildman–Crippen MR) is 108 cm³/mol. The molecule has 2 bridgehead atoms. The zero-order chi connectivity index (χ0) is 20.7. The number of rotatable bonds is 5. The average molecular weight is 399 g/mol. The van der Waals surface area contributed by atoms with Crippen molar-refractivity contribution in [1.29, 1.82) is 0 Å². The molecule has 0 aliphatic carbocycles. The molecule has 2 fully saturated rings. The first kappa shape index (κ1) is 23.1. The lowest BCUT2D eigenvalue weighted by Gasteiger charge is -2.39. The number of fused-ring (bicyclic) bond motifs is 3. The van der Waals surface area contributed by atoms with Gasteiger partial charge in [-0.15, -0.1) is 0 Å². The molecule has 2 rings (SSSR count). The highest BCUT2D eigenvalue weighted by Gasteiger charge is 2.31. The van der Waals surface area contributed by atoms with E-state index in [0.29, 0.717) is 0 Å². The van der Waals surface area contributed by atoms with Gasteiger partial charge in [0.05, 0.1) is 0 Å². The second kappa shape index (κ2) is 10.5. The summed E-state index contributed by atoms with van der Waals surface area (Å²) in [6.07, 6.45) is -0.0897. The third-order valence-electron chi connectivity index (χ3n) is 5.61. The first-order chi connectivity index (χ1) is 13.2. The van der Waals surface area contributed by atoms with Crippen molar-refractivity contribution < 1.29 is 19.1 Å². The van der Waals surface area contributed by atoms with Crippen LogP contribution in [0.4, 0.5) is 0 Å². The molecule has 28 heavy (non-hydrogen) atoms. The molecule has 3 atom stereocenters. The summed E-state index contributed by atoms with van der Waals surface area (Å²) in [4.78, 5) is 32.4. The molecule has 0 aromatic heterocycles. The minimum atomic E-state index is -0.594. The lowest BCUT2D eigenvalue weighted by atomic mass is 10.2. The summed E-state index contributed by atoms with van der Waals surface area (Å²) in [5, 5.41) is 0. The van der Waals surface area contributed by atoms with Gasteiger partial charge in [-0.1, -0.05) is 0 Å². The van der Waals surface area contributed by atoms with E-state index in [1.54, 1.807) is 0 Å². The largest absolute Gasteiger partial charge is 0.461 e. The molecule has 0 N–H and O–H groups in total. The second-order valence-corrected chi connectivity index (χ2v) is 8.43. The fraction of sp³-hybridized carbons (Fsp3) is 0.900. The summed E-state index contributed by atoms with van der Waals surface area (Å²) in [7, 11) is 0. The van der Waals surface area contributed by atoms with Crippen LogP contribution in [0.5, 0.6) is 0 Å². The van der Waals surface area contributed by atoms with Crippen LogP contribution in [-0.2, 0) is 19.1 Å². The van der Waals surface area contributed by atoms with Crippen molar-refractivity contribution in [1.82, 2.24) is 19.6 Å². The topological polar surface area (TPSA) is 65.6 Å². The maximum absolute atomic E-state index is 11.5. The lowest BCUT2D eigenvalue weighted by molar-refractivity contribution is -0.175. The summed E-state index contributed by atoms with van der Waals surface area (Å²) in [5.74, 6) is -0.456. The highest BCUT2D eigenvalue weighted by molar-refractivity contribution is 5.66. The van der Waals surface area contributed by atoms with E-state index < -0.39 is 5.72 Å². The number of esters is 2. The minimum Gasteiger partial charge on any atom is -0.461 e. The molecule has 0 saturated carbocycles. The van der Waals surface area contributed by atoms with Gasteiger partial charge in [0.15, 0.2) is 5.72 Å². The Labute approximate surface area is 169 Å². The third-order valence-corrected chi connectivity index (χ3v) is 5.61. The molecular weight excluding hydrogens is 360 g/mol. The van der Waals surface area contributed by atoms with Crippen LogP contribution in [0.2, 0.25) is 0 Å². The Bertz CT molecular complexity index is 508. The van der Waals surface area contributed by atoms with Crippen molar-refractivity contribution in [2.45, 2.75) is 46.4 Å². The number of nitrogens with zero attached hydrogens (tertiary/aromatic N) is 4. The Hall–Kier alpha value is -1.22. The Morgan fingerprint density at radius 3 is 1.75 bits per heavy atom. The molecule has 0 aromatic carbocycles. The fourth-order valence-corrected chi connectivity index (χ4v) is 4.09. The minimum absolute atomic E-state index is 0.0897. The number of carbonyl (C=O) groups is 2. The van der Waals surface area contributed by atoms with Gasteiger partial charge >= 0.3 is 11.9 Å². The normalized spacial score (nSPS) is 26.8. The van der Waals surface area contributed by atoms with Crippen LogP contribution in [0, 0.1) is 0 Å². The first-order valence-corrected chi connectivity index (χ1v) is 10.4. The smallest absolute Gasteiger partial charge is 0.304 e. The van der Waals surface area contributed by atoms with Crippen LogP contribution in [-0.4, -0.2) is 115 Å². The van der Waals surface area contributed by atoms with Crippen LogP contribution in [0.1, 0.15) is 34.6 Å². The van der Waals surface area contributed by atoms with Crippen LogP contribution in [0.25, 0.3) is 0 Å². The monoisotopic (exact) mass is 398 g/mol. The summed E-state index contributed by atoms with van der Waals surface area (Å²) in [6, 6.07) is 0. The Balaban J connectivity index is 2.00. The molecule has 3 unspecified atom stereocenters. The number of hydrogen-bond donors (Lipinski definition) is 0. The predicted octanol–water partition coefficient (Wildman–Crippen LogP) is 0.472. The quantitative estimate of drug-likeness (QED) is 0.620. The molecule has 2 saturated heterocycles. The van der Waals surface area contributed by atoms with Crippen molar-refractivity contribution >= 4 is 11.9 Å². The molecule has 0 aromatic rings. The number of carbonyl (C=O) groups excluding carboxylic acids is 2. The van der Waals surface area contributed by atoms with Gasteiger partial charge in [0.25, 0.3) is 0 Å². The van der Waals surface area contributed by atoms with Crippen LogP contribution in [0.3, 0.4) is 0 Å². The van der Waals surface area contributed by atoms with Crippen LogP contribution >= 0.6 is 0 Å². The standard InChI is InChI=1S/C20H38N4O4/c1-17(27-18(2)25)16-23-10-8-21-6-7-22(9-11-23)13-15-24(14-12-21)20(4,5)28-19(3)26/h17H,6-16H2,1-5H3. The third kappa shape index (κ3) is 7.66. The van der Waals surface area contributed by atoms with Crippen molar-refractivity contribution in [3.8, 4) is 0 Å². The first-order valence-electron chi connectivity index (χ1n) is 10.4. The van der Waals surface area contributed by atoms with Gasteiger partial charge < -0.3 is 9.47 Å².